The molecule has 0 saturated heterocycles. The van der Waals surface area contributed by atoms with Crippen LogP contribution in [0.1, 0.15) is 11.1 Å². The molecule has 0 spiro atoms. The molecule has 0 aliphatic carbocycles. The van der Waals surface area contributed by atoms with Gasteiger partial charge in [-0.15, -0.1) is 0 Å². The van der Waals surface area contributed by atoms with Crippen molar-refractivity contribution in [3.63, 3.8) is 0 Å². The monoisotopic (exact) mass is 207 g/mol. The Morgan fingerprint density at radius 3 is 2.00 bits per heavy atom. The molecule has 0 atom stereocenters. The summed E-state index contributed by atoms with van der Waals surface area (Å²) in [7, 11) is 0. The average molecular weight is 207 g/mol. The highest BCUT2D eigenvalue weighted by molar-refractivity contribution is 5.68. The van der Waals surface area contributed by atoms with Crippen molar-refractivity contribution >= 4 is 12.2 Å². The summed E-state index contributed by atoms with van der Waals surface area (Å²) >= 11 is 0. The minimum atomic E-state index is 1.03. The first-order valence-electron chi connectivity index (χ1n) is 5.35. The minimum Gasteiger partial charge on any atom is -0.0918 e. The fourth-order valence-corrected chi connectivity index (χ4v) is 1.63. The molecule has 0 aliphatic heterocycles. The van der Waals surface area contributed by atoms with E-state index < -0.39 is 0 Å². The van der Waals surface area contributed by atoms with Gasteiger partial charge in [-0.1, -0.05) is 60.7 Å². The highest BCUT2D eigenvalue weighted by atomic mass is 14.0. The van der Waals surface area contributed by atoms with Gasteiger partial charge in [-0.05, 0) is 35.4 Å². The molecule has 0 nitrogen and oxygen atoms in total. The van der Waals surface area contributed by atoms with E-state index in [4.69, 9.17) is 0 Å². The van der Waals surface area contributed by atoms with Gasteiger partial charge in [0.25, 0.3) is 0 Å². The van der Waals surface area contributed by atoms with E-state index in [1.54, 1.807) is 0 Å². The largest absolute Gasteiger partial charge is 0.0918 e. The normalized spacial score (nSPS) is 10.1. The van der Waals surface area contributed by atoms with Crippen LogP contribution in [0.15, 0.2) is 48.5 Å². The van der Waals surface area contributed by atoms with Gasteiger partial charge >= 0.3 is 0 Å². The second-order valence-corrected chi connectivity index (χ2v) is 4.04. The average Bonchev–Trinajstić information content (AvgIpc) is 2.30. The molecule has 2 aromatic carbocycles. The zero-order chi connectivity index (χ0) is 11.5. The van der Waals surface area contributed by atoms with Crippen LogP contribution in [-0.4, -0.2) is 0 Å². The summed E-state index contributed by atoms with van der Waals surface area (Å²) in [6.07, 6.45) is 0. The molecule has 0 aliphatic rings. The first-order valence-corrected chi connectivity index (χ1v) is 5.35. The van der Waals surface area contributed by atoms with Crippen LogP contribution in [0.5, 0.6) is 0 Å². The van der Waals surface area contributed by atoms with Crippen LogP contribution < -0.4 is 10.4 Å². The lowest BCUT2D eigenvalue weighted by molar-refractivity contribution is 1.44. The second-order valence-electron chi connectivity index (χ2n) is 4.04. The van der Waals surface area contributed by atoms with E-state index in [0.29, 0.717) is 0 Å². The van der Waals surface area contributed by atoms with Gasteiger partial charge in [0.05, 0.1) is 0 Å². The van der Waals surface area contributed by atoms with E-state index in [-0.39, 0.29) is 0 Å². The highest BCUT2D eigenvalue weighted by Gasteiger charge is 1.95. The summed E-state index contributed by atoms with van der Waals surface area (Å²) in [6.45, 7) is 10.1. The third-order valence-electron chi connectivity index (χ3n) is 2.70. The van der Waals surface area contributed by atoms with E-state index in [2.05, 4.69) is 56.8 Å². The van der Waals surface area contributed by atoms with Crippen molar-refractivity contribution in [1.29, 1.82) is 0 Å². The predicted octanol–water partition coefficient (Wildman–Crippen LogP) is 2.44. The summed E-state index contributed by atoms with van der Waals surface area (Å²) in [5.74, 6) is 0. The predicted molar refractivity (Wildman–Crippen MR) is 70.3 cm³/mol. The van der Waals surface area contributed by atoms with Gasteiger partial charge in [0, 0.05) is 0 Å². The van der Waals surface area contributed by atoms with Gasteiger partial charge in [0.2, 0.25) is 0 Å². The molecule has 0 aromatic heterocycles. The van der Waals surface area contributed by atoms with Crippen molar-refractivity contribution in [1.82, 2.24) is 0 Å². The molecule has 0 saturated carbocycles. The summed E-state index contributed by atoms with van der Waals surface area (Å²) in [6, 6.07) is 16.6. The molecule has 2 aromatic rings. The molecule has 0 heterocycles. The molecule has 0 fully saturated rings. The van der Waals surface area contributed by atoms with E-state index in [1.165, 1.54) is 11.1 Å². The van der Waals surface area contributed by atoms with Gasteiger partial charge in [0.15, 0.2) is 0 Å². The summed E-state index contributed by atoms with van der Waals surface area (Å²) < 4.78 is 0. The first kappa shape index (κ1) is 10.7. The Morgan fingerprint density at radius 2 is 1.44 bits per heavy atom. The number of aryl methyl sites for hydroxylation is 1. The Kier molecular flexibility index (Phi) is 2.91. The highest BCUT2D eigenvalue weighted by Crippen LogP contribution is 2.10. The molecule has 0 heteroatoms. The van der Waals surface area contributed by atoms with Crippen LogP contribution in [0.2, 0.25) is 0 Å². The number of hydrogen-bond acceptors (Lipinski definition) is 0. The molecule has 0 bridgehead atoms. The van der Waals surface area contributed by atoms with Crippen molar-refractivity contribution < 1.29 is 0 Å². The molecule has 79 valence electrons. The molecular formula is C16H15. The maximum Gasteiger partial charge on any atom is -0.0218 e. The molecule has 0 N–H and O–H groups in total. The summed E-state index contributed by atoms with van der Waals surface area (Å²) in [4.78, 5) is 0. The number of hydrogen-bond donors (Lipinski definition) is 0. The van der Waals surface area contributed by atoms with Gasteiger partial charge in [0.1, 0.15) is 0 Å². The van der Waals surface area contributed by atoms with Gasteiger partial charge in [-0.25, -0.2) is 0 Å². The van der Waals surface area contributed by atoms with Gasteiger partial charge in [-0.3, -0.25) is 0 Å². The zero-order valence-corrected chi connectivity index (χ0v) is 9.53. The van der Waals surface area contributed by atoms with Crippen LogP contribution in [0, 0.1) is 13.8 Å². The standard InChI is InChI=1S/C16H15/c1-12-4-8-15(9-5-12)14(3)16-10-6-13(2)7-11-16/h4-11H,1,3H2,2H3. The van der Waals surface area contributed by atoms with E-state index in [1.807, 2.05) is 12.1 Å². The van der Waals surface area contributed by atoms with Crippen molar-refractivity contribution in [2.45, 2.75) is 6.92 Å². The van der Waals surface area contributed by atoms with Crippen LogP contribution in [0.4, 0.5) is 0 Å². The van der Waals surface area contributed by atoms with E-state index in [0.717, 1.165) is 16.0 Å². The SMILES string of the molecule is [CH2]C(c1ccc(C)cc1)=c1ccc(=C)cc1. The maximum absolute atomic E-state index is 4.13. The molecule has 2 rings (SSSR count). The second kappa shape index (κ2) is 4.36. The lowest BCUT2D eigenvalue weighted by Crippen LogP contribution is -2.08. The summed E-state index contributed by atoms with van der Waals surface area (Å²) in [5, 5.41) is 2.18. The van der Waals surface area contributed by atoms with Crippen molar-refractivity contribution in [3.8, 4) is 0 Å². The quantitative estimate of drug-likeness (QED) is 0.674. The van der Waals surface area contributed by atoms with Crippen LogP contribution >= 0.6 is 0 Å². The Labute approximate surface area is 96.6 Å². The van der Waals surface area contributed by atoms with Crippen molar-refractivity contribution in [3.05, 3.63) is 77.0 Å². The zero-order valence-electron chi connectivity index (χ0n) is 9.53. The third-order valence-corrected chi connectivity index (χ3v) is 2.70. The molecular weight excluding hydrogens is 192 g/mol. The minimum absolute atomic E-state index is 1.03. The fraction of sp³-hybridized carbons (Fsp3) is 0.0625. The lowest BCUT2D eigenvalue weighted by atomic mass is 10.0. The Hall–Kier alpha value is -1.82. The third kappa shape index (κ3) is 2.22. The lowest BCUT2D eigenvalue weighted by Gasteiger charge is -2.02. The van der Waals surface area contributed by atoms with E-state index in [9.17, 15) is 0 Å². The fourth-order valence-electron chi connectivity index (χ4n) is 1.63. The van der Waals surface area contributed by atoms with E-state index >= 15 is 0 Å². The van der Waals surface area contributed by atoms with Crippen LogP contribution in [-0.2, 0) is 0 Å². The smallest absolute Gasteiger partial charge is 0.0218 e. The number of rotatable bonds is 1. The Morgan fingerprint density at radius 1 is 0.875 bits per heavy atom. The molecule has 0 unspecified atom stereocenters. The number of benzene rings is 2. The van der Waals surface area contributed by atoms with Crippen LogP contribution in [0.25, 0.3) is 12.2 Å². The van der Waals surface area contributed by atoms with Gasteiger partial charge < -0.3 is 0 Å². The maximum atomic E-state index is 4.13. The molecule has 0 amide bonds. The topological polar surface area (TPSA) is 0 Å². The molecule has 16 heavy (non-hydrogen) atoms. The van der Waals surface area contributed by atoms with Crippen molar-refractivity contribution in [2.75, 3.05) is 0 Å². The molecule has 1 radical (unpaired) electrons. The first-order chi connectivity index (χ1) is 7.66. The van der Waals surface area contributed by atoms with Gasteiger partial charge in [-0.2, -0.15) is 0 Å². The summed E-state index contributed by atoms with van der Waals surface area (Å²) in [5.41, 5.74) is 3.49. The Balaban J connectivity index is 2.56. The Bertz CT molecular complexity index is 565. The van der Waals surface area contributed by atoms with Crippen LogP contribution in [0.3, 0.4) is 0 Å². The van der Waals surface area contributed by atoms with Crippen molar-refractivity contribution in [2.24, 2.45) is 0 Å².